The number of hydrogen-bond donors (Lipinski definition) is 0. The van der Waals surface area contributed by atoms with Gasteiger partial charge in [-0.2, -0.15) is 0 Å². The summed E-state index contributed by atoms with van der Waals surface area (Å²) in [7, 11) is 0. The molecule has 2 heteroatoms. The van der Waals surface area contributed by atoms with Gasteiger partial charge in [-0.3, -0.25) is 0 Å². The van der Waals surface area contributed by atoms with Gasteiger partial charge in [0.1, 0.15) is 0 Å². The monoisotopic (exact) mass is 695 g/mol. The average molecular weight is 696 g/mol. The lowest BCUT2D eigenvalue weighted by Gasteiger charge is -2.28. The van der Waals surface area contributed by atoms with Crippen LogP contribution in [-0.4, -0.2) is 0 Å². The number of anilines is 3. The molecule has 1 heterocycles. The van der Waals surface area contributed by atoms with E-state index in [1.807, 2.05) is 11.3 Å². The lowest BCUT2D eigenvalue weighted by molar-refractivity contribution is 0.660. The molecule has 252 valence electrons. The normalized spacial score (nSPS) is 12.9. The zero-order valence-corrected chi connectivity index (χ0v) is 30.6. The first kappa shape index (κ1) is 31.5. The van der Waals surface area contributed by atoms with Crippen LogP contribution in [0.5, 0.6) is 0 Å². The molecule has 0 fully saturated rings. The van der Waals surface area contributed by atoms with Crippen molar-refractivity contribution in [2.45, 2.75) is 19.3 Å². The predicted octanol–water partition coefficient (Wildman–Crippen LogP) is 14.8. The summed E-state index contributed by atoms with van der Waals surface area (Å²) < 4.78 is 2.66. The first-order valence-electron chi connectivity index (χ1n) is 18.3. The van der Waals surface area contributed by atoms with Crippen LogP contribution >= 0.6 is 11.3 Å². The summed E-state index contributed by atoms with van der Waals surface area (Å²) in [4.78, 5) is 2.38. The highest BCUT2D eigenvalue weighted by Gasteiger charge is 2.36. The SMILES string of the molecule is CC1(C)c2cc(-c3cc4sc5ccccc5c4cc3-c3ccccc3)ccc2-c2ccc(N(c3ccccc3)c3ccc(-c4ccccc4)cc3)cc21. The molecule has 0 bridgehead atoms. The highest BCUT2D eigenvalue weighted by Crippen LogP contribution is 2.52. The minimum Gasteiger partial charge on any atom is -0.310 e. The molecule has 0 saturated carbocycles. The number of fused-ring (bicyclic) bond motifs is 6. The van der Waals surface area contributed by atoms with Gasteiger partial charge in [-0.15, -0.1) is 11.3 Å². The lowest BCUT2D eigenvalue weighted by Crippen LogP contribution is -2.16. The summed E-state index contributed by atoms with van der Waals surface area (Å²) in [6.45, 7) is 4.78. The van der Waals surface area contributed by atoms with Crippen molar-refractivity contribution in [3.8, 4) is 44.5 Å². The summed E-state index contributed by atoms with van der Waals surface area (Å²) in [6, 6.07) is 69.0. The average Bonchev–Trinajstić information content (AvgIpc) is 3.69. The molecule has 53 heavy (non-hydrogen) atoms. The Kier molecular flexibility index (Phi) is 7.42. The van der Waals surface area contributed by atoms with Crippen LogP contribution in [0.15, 0.2) is 188 Å². The molecule has 0 radical (unpaired) electrons. The summed E-state index contributed by atoms with van der Waals surface area (Å²) in [5.41, 5.74) is 16.1. The number of hydrogen-bond acceptors (Lipinski definition) is 2. The Balaban J connectivity index is 1.08. The molecule has 1 nitrogen and oxygen atoms in total. The third-order valence-electron chi connectivity index (χ3n) is 11.1. The van der Waals surface area contributed by atoms with E-state index in [9.17, 15) is 0 Å². The molecule has 10 rings (SSSR count). The van der Waals surface area contributed by atoms with Crippen molar-refractivity contribution < 1.29 is 0 Å². The van der Waals surface area contributed by atoms with E-state index in [-0.39, 0.29) is 5.41 Å². The summed E-state index contributed by atoms with van der Waals surface area (Å²) >= 11 is 1.88. The van der Waals surface area contributed by atoms with E-state index in [2.05, 4.69) is 207 Å². The second kappa shape index (κ2) is 12.5. The molecule has 0 saturated heterocycles. The van der Waals surface area contributed by atoms with E-state index < -0.39 is 0 Å². The zero-order valence-electron chi connectivity index (χ0n) is 29.8. The van der Waals surface area contributed by atoms with Gasteiger partial charge < -0.3 is 4.90 Å². The highest BCUT2D eigenvalue weighted by atomic mass is 32.1. The van der Waals surface area contributed by atoms with Crippen molar-refractivity contribution in [3.63, 3.8) is 0 Å². The van der Waals surface area contributed by atoms with Gasteiger partial charge in [0.15, 0.2) is 0 Å². The van der Waals surface area contributed by atoms with E-state index >= 15 is 0 Å². The highest BCUT2D eigenvalue weighted by molar-refractivity contribution is 7.25. The Morgan fingerprint density at radius 3 is 1.62 bits per heavy atom. The molecule has 0 spiro atoms. The fourth-order valence-corrected chi connectivity index (χ4v) is 9.48. The molecule has 1 aromatic heterocycles. The topological polar surface area (TPSA) is 3.24 Å². The number of rotatable bonds is 6. The molecule has 0 atom stereocenters. The Labute approximate surface area is 315 Å². The van der Waals surface area contributed by atoms with Crippen LogP contribution in [0.2, 0.25) is 0 Å². The molecular weight excluding hydrogens is 659 g/mol. The van der Waals surface area contributed by atoms with Gasteiger partial charge in [-0.05, 0) is 116 Å². The maximum Gasteiger partial charge on any atom is 0.0465 e. The van der Waals surface area contributed by atoms with Gasteiger partial charge in [0.05, 0.1) is 0 Å². The molecule has 0 N–H and O–H groups in total. The van der Waals surface area contributed by atoms with E-state index in [1.54, 1.807) is 0 Å². The van der Waals surface area contributed by atoms with Crippen LogP contribution in [-0.2, 0) is 5.41 Å². The van der Waals surface area contributed by atoms with Crippen LogP contribution in [0.1, 0.15) is 25.0 Å². The fourth-order valence-electron chi connectivity index (χ4n) is 8.36. The number of benzene rings is 8. The Bertz CT molecular complexity index is 2780. The van der Waals surface area contributed by atoms with E-state index in [1.165, 1.54) is 75.8 Å². The van der Waals surface area contributed by atoms with Crippen molar-refractivity contribution in [2.75, 3.05) is 4.90 Å². The smallest absolute Gasteiger partial charge is 0.0465 e. The van der Waals surface area contributed by atoms with Crippen LogP contribution in [0.4, 0.5) is 17.1 Å². The molecular formula is C51H37NS. The van der Waals surface area contributed by atoms with Gasteiger partial charge >= 0.3 is 0 Å². The second-order valence-electron chi connectivity index (χ2n) is 14.6. The zero-order chi connectivity index (χ0) is 35.5. The van der Waals surface area contributed by atoms with Crippen molar-refractivity contribution in [2.24, 2.45) is 0 Å². The summed E-state index contributed by atoms with van der Waals surface area (Å²) in [5.74, 6) is 0. The van der Waals surface area contributed by atoms with Crippen LogP contribution in [0, 0.1) is 0 Å². The van der Waals surface area contributed by atoms with Crippen molar-refractivity contribution >= 4 is 48.6 Å². The first-order chi connectivity index (χ1) is 26.0. The molecule has 1 aliphatic carbocycles. The Morgan fingerprint density at radius 1 is 0.358 bits per heavy atom. The number of thiophene rings is 1. The van der Waals surface area contributed by atoms with E-state index in [0.717, 1.165) is 17.1 Å². The minimum atomic E-state index is -0.190. The standard InChI is InChI=1S/C51H37NS/c1-51(2)47-30-37(45-33-50-46(43-20-12-13-21-49(43)53-50)32-44(45)36-16-8-4-9-17-36)24-28-41(47)42-29-27-40(31-48(42)51)52(38-18-10-5-11-19-38)39-25-22-35(23-26-39)34-14-6-3-7-15-34/h3-33H,1-2H3. The molecule has 0 unspecified atom stereocenters. The van der Waals surface area contributed by atoms with Crippen molar-refractivity contribution in [1.29, 1.82) is 0 Å². The summed E-state index contributed by atoms with van der Waals surface area (Å²) in [5, 5.41) is 2.65. The van der Waals surface area contributed by atoms with Gasteiger partial charge in [0.2, 0.25) is 0 Å². The number of nitrogens with zero attached hydrogens (tertiary/aromatic N) is 1. The molecule has 9 aromatic rings. The fraction of sp³-hybridized carbons (Fsp3) is 0.0588. The maximum absolute atomic E-state index is 2.47. The van der Waals surface area contributed by atoms with Crippen LogP contribution < -0.4 is 4.90 Å². The van der Waals surface area contributed by atoms with Gasteiger partial charge in [0.25, 0.3) is 0 Å². The third-order valence-corrected chi connectivity index (χ3v) is 12.2. The van der Waals surface area contributed by atoms with Crippen molar-refractivity contribution in [1.82, 2.24) is 0 Å². The van der Waals surface area contributed by atoms with Gasteiger partial charge in [-0.25, -0.2) is 0 Å². The second-order valence-corrected chi connectivity index (χ2v) is 15.6. The Hall–Kier alpha value is -6.22. The first-order valence-corrected chi connectivity index (χ1v) is 19.2. The minimum absolute atomic E-state index is 0.190. The quantitative estimate of drug-likeness (QED) is 0.167. The maximum atomic E-state index is 2.47. The van der Waals surface area contributed by atoms with E-state index in [0.29, 0.717) is 0 Å². The molecule has 0 aliphatic heterocycles. The van der Waals surface area contributed by atoms with E-state index in [4.69, 9.17) is 0 Å². The number of para-hydroxylation sites is 1. The third kappa shape index (κ3) is 5.29. The molecule has 0 amide bonds. The predicted molar refractivity (Wildman–Crippen MR) is 228 cm³/mol. The van der Waals surface area contributed by atoms with Crippen molar-refractivity contribution in [3.05, 3.63) is 199 Å². The Morgan fingerprint density at radius 2 is 0.887 bits per heavy atom. The summed E-state index contributed by atoms with van der Waals surface area (Å²) in [6.07, 6.45) is 0. The molecule has 8 aromatic carbocycles. The van der Waals surface area contributed by atoms with Crippen LogP contribution in [0.25, 0.3) is 64.7 Å². The van der Waals surface area contributed by atoms with Gasteiger partial charge in [0, 0.05) is 42.6 Å². The lowest BCUT2D eigenvalue weighted by atomic mass is 9.81. The molecule has 1 aliphatic rings. The van der Waals surface area contributed by atoms with Crippen LogP contribution in [0.3, 0.4) is 0 Å². The largest absolute Gasteiger partial charge is 0.310 e. The van der Waals surface area contributed by atoms with Gasteiger partial charge in [-0.1, -0.05) is 141 Å².